The number of hydrogen-bond donors (Lipinski definition) is 0. The molecule has 0 aliphatic rings. The number of ether oxygens (including phenoxy) is 1. The van der Waals surface area contributed by atoms with Gasteiger partial charge < -0.3 is 9.64 Å². The highest BCUT2D eigenvalue weighted by molar-refractivity contribution is 5.91. The van der Waals surface area contributed by atoms with E-state index in [1.807, 2.05) is 55.5 Å². The number of nitrogens with zero attached hydrogens (tertiary/aromatic N) is 3. The fourth-order valence-corrected chi connectivity index (χ4v) is 3.39. The molecular weight excluding hydrogens is 358 g/mol. The minimum absolute atomic E-state index is 0.655. The van der Waals surface area contributed by atoms with Gasteiger partial charge in [-0.1, -0.05) is 42.5 Å². The average Bonchev–Trinajstić information content (AvgIpc) is 2.78. The molecule has 29 heavy (non-hydrogen) atoms. The molecule has 0 saturated carbocycles. The predicted octanol–water partition coefficient (Wildman–Crippen LogP) is 5.37. The lowest BCUT2D eigenvalue weighted by atomic mass is 10.1. The van der Waals surface area contributed by atoms with Gasteiger partial charge in [0.1, 0.15) is 11.6 Å². The predicted molar refractivity (Wildman–Crippen MR) is 120 cm³/mol. The first-order valence-corrected chi connectivity index (χ1v) is 9.99. The zero-order valence-electron chi connectivity index (χ0n) is 16.9. The molecule has 0 saturated heterocycles. The van der Waals surface area contributed by atoms with Crippen molar-refractivity contribution in [1.82, 2.24) is 9.97 Å². The van der Waals surface area contributed by atoms with Crippen molar-refractivity contribution >= 4 is 16.7 Å². The third-order valence-electron chi connectivity index (χ3n) is 4.95. The van der Waals surface area contributed by atoms with Crippen LogP contribution in [0.2, 0.25) is 0 Å². The Hall–Kier alpha value is -3.40. The topological polar surface area (TPSA) is 38.2 Å². The van der Waals surface area contributed by atoms with Gasteiger partial charge in [-0.15, -0.1) is 0 Å². The van der Waals surface area contributed by atoms with Gasteiger partial charge in [-0.25, -0.2) is 9.97 Å². The number of para-hydroxylation sites is 1. The molecule has 0 radical (unpaired) electrons. The zero-order chi connectivity index (χ0) is 20.1. The van der Waals surface area contributed by atoms with Crippen molar-refractivity contribution in [3.63, 3.8) is 0 Å². The van der Waals surface area contributed by atoms with E-state index >= 15 is 0 Å². The van der Waals surface area contributed by atoms with Crippen molar-refractivity contribution in [2.45, 2.75) is 13.3 Å². The molecular formula is C25H25N3O. The van der Waals surface area contributed by atoms with Gasteiger partial charge in [0.15, 0.2) is 5.82 Å². The number of likely N-dealkylation sites (N-methyl/N-ethyl adjacent to an activating group) is 1. The summed E-state index contributed by atoms with van der Waals surface area (Å²) >= 11 is 0. The SMILES string of the molecule is CCOc1ccc(-c2nc(N(C)CCc3ccccc3)c3ccccc3n2)cc1. The third kappa shape index (κ3) is 4.37. The molecule has 1 aromatic heterocycles. The van der Waals surface area contributed by atoms with Gasteiger partial charge in [-0.05, 0) is 55.3 Å². The van der Waals surface area contributed by atoms with Crippen molar-refractivity contribution in [3.05, 3.63) is 84.4 Å². The summed E-state index contributed by atoms with van der Waals surface area (Å²) in [7, 11) is 2.10. The second kappa shape index (κ2) is 8.74. The maximum atomic E-state index is 5.55. The van der Waals surface area contributed by atoms with E-state index in [-0.39, 0.29) is 0 Å². The Bertz CT molecular complexity index is 1080. The van der Waals surface area contributed by atoms with Crippen LogP contribution in [0.1, 0.15) is 12.5 Å². The lowest BCUT2D eigenvalue weighted by Gasteiger charge is -2.21. The summed E-state index contributed by atoms with van der Waals surface area (Å²) in [4.78, 5) is 12.0. The minimum atomic E-state index is 0.655. The highest BCUT2D eigenvalue weighted by atomic mass is 16.5. The van der Waals surface area contributed by atoms with Crippen LogP contribution in [0.4, 0.5) is 5.82 Å². The van der Waals surface area contributed by atoms with Crippen LogP contribution in [0, 0.1) is 0 Å². The summed E-state index contributed by atoms with van der Waals surface area (Å²) in [6, 6.07) is 26.7. The minimum Gasteiger partial charge on any atom is -0.494 e. The van der Waals surface area contributed by atoms with Crippen LogP contribution < -0.4 is 9.64 Å². The summed E-state index contributed by atoms with van der Waals surface area (Å²) in [6.07, 6.45) is 0.966. The van der Waals surface area contributed by atoms with Crippen LogP contribution in [-0.4, -0.2) is 30.2 Å². The molecule has 1 heterocycles. The van der Waals surface area contributed by atoms with Crippen LogP contribution >= 0.6 is 0 Å². The molecule has 0 atom stereocenters. The highest BCUT2D eigenvalue weighted by Gasteiger charge is 2.13. The van der Waals surface area contributed by atoms with E-state index in [1.54, 1.807) is 0 Å². The smallest absolute Gasteiger partial charge is 0.162 e. The van der Waals surface area contributed by atoms with Gasteiger partial charge in [0.05, 0.1) is 12.1 Å². The van der Waals surface area contributed by atoms with Crippen LogP contribution in [0.25, 0.3) is 22.3 Å². The van der Waals surface area contributed by atoms with Gasteiger partial charge in [-0.3, -0.25) is 0 Å². The number of fused-ring (bicyclic) bond motifs is 1. The Morgan fingerprint density at radius 1 is 0.828 bits per heavy atom. The number of rotatable bonds is 7. The summed E-state index contributed by atoms with van der Waals surface area (Å²) in [6.45, 7) is 3.52. The van der Waals surface area contributed by atoms with E-state index in [0.717, 1.165) is 46.8 Å². The normalized spacial score (nSPS) is 10.8. The standard InChI is InChI=1S/C25H25N3O/c1-3-29-21-15-13-20(14-16-21)24-26-23-12-8-7-11-22(23)25(27-24)28(2)18-17-19-9-5-4-6-10-19/h4-16H,3,17-18H2,1-2H3. The molecule has 4 nitrogen and oxygen atoms in total. The first-order valence-electron chi connectivity index (χ1n) is 9.99. The van der Waals surface area contributed by atoms with Gasteiger partial charge in [0, 0.05) is 24.5 Å². The molecule has 0 N–H and O–H groups in total. The zero-order valence-corrected chi connectivity index (χ0v) is 16.9. The molecule has 4 heteroatoms. The Morgan fingerprint density at radius 2 is 1.55 bits per heavy atom. The van der Waals surface area contributed by atoms with Crippen LogP contribution in [0.15, 0.2) is 78.9 Å². The first kappa shape index (κ1) is 18.9. The lowest BCUT2D eigenvalue weighted by Crippen LogP contribution is -2.22. The monoisotopic (exact) mass is 383 g/mol. The summed E-state index contributed by atoms with van der Waals surface area (Å²) in [5.74, 6) is 2.54. The maximum absolute atomic E-state index is 5.55. The van der Waals surface area contributed by atoms with E-state index in [4.69, 9.17) is 14.7 Å². The Balaban J connectivity index is 1.67. The van der Waals surface area contributed by atoms with E-state index in [1.165, 1.54) is 5.56 Å². The van der Waals surface area contributed by atoms with Gasteiger partial charge in [0.25, 0.3) is 0 Å². The highest BCUT2D eigenvalue weighted by Crippen LogP contribution is 2.28. The molecule has 0 amide bonds. The van der Waals surface area contributed by atoms with Crippen molar-refractivity contribution < 1.29 is 4.74 Å². The summed E-state index contributed by atoms with van der Waals surface area (Å²) in [5.41, 5.74) is 3.26. The van der Waals surface area contributed by atoms with E-state index in [0.29, 0.717) is 6.61 Å². The van der Waals surface area contributed by atoms with Gasteiger partial charge >= 0.3 is 0 Å². The van der Waals surface area contributed by atoms with Crippen molar-refractivity contribution in [2.75, 3.05) is 25.1 Å². The molecule has 0 unspecified atom stereocenters. The molecule has 4 rings (SSSR count). The molecule has 0 aliphatic carbocycles. The van der Waals surface area contributed by atoms with Gasteiger partial charge in [-0.2, -0.15) is 0 Å². The van der Waals surface area contributed by atoms with E-state index in [2.05, 4.69) is 42.3 Å². The molecule has 0 aliphatic heterocycles. The van der Waals surface area contributed by atoms with Crippen molar-refractivity contribution in [1.29, 1.82) is 0 Å². The van der Waals surface area contributed by atoms with E-state index < -0.39 is 0 Å². The third-order valence-corrected chi connectivity index (χ3v) is 4.95. The summed E-state index contributed by atoms with van der Waals surface area (Å²) in [5, 5.41) is 1.07. The molecule has 0 fully saturated rings. The fraction of sp³-hybridized carbons (Fsp3) is 0.200. The second-order valence-corrected chi connectivity index (χ2v) is 7.00. The molecule has 146 valence electrons. The molecule has 4 aromatic rings. The summed E-state index contributed by atoms with van der Waals surface area (Å²) < 4.78 is 5.55. The van der Waals surface area contributed by atoms with Crippen molar-refractivity contribution in [2.24, 2.45) is 0 Å². The van der Waals surface area contributed by atoms with Crippen LogP contribution in [0.5, 0.6) is 5.75 Å². The number of benzene rings is 3. The second-order valence-electron chi connectivity index (χ2n) is 7.00. The number of aromatic nitrogens is 2. The van der Waals surface area contributed by atoms with Crippen LogP contribution in [0.3, 0.4) is 0 Å². The molecule has 0 spiro atoms. The first-order chi connectivity index (χ1) is 14.2. The quantitative estimate of drug-likeness (QED) is 0.430. The largest absolute Gasteiger partial charge is 0.494 e. The lowest BCUT2D eigenvalue weighted by molar-refractivity contribution is 0.340. The Morgan fingerprint density at radius 3 is 2.31 bits per heavy atom. The average molecular weight is 383 g/mol. The Kier molecular flexibility index (Phi) is 5.71. The van der Waals surface area contributed by atoms with E-state index in [9.17, 15) is 0 Å². The Labute approximate surface area is 171 Å². The molecule has 3 aromatic carbocycles. The number of anilines is 1. The van der Waals surface area contributed by atoms with Gasteiger partial charge in [0.2, 0.25) is 0 Å². The van der Waals surface area contributed by atoms with Crippen LogP contribution in [-0.2, 0) is 6.42 Å². The van der Waals surface area contributed by atoms with Crippen molar-refractivity contribution in [3.8, 4) is 17.1 Å². The maximum Gasteiger partial charge on any atom is 0.162 e. The molecule has 0 bridgehead atoms. The fourth-order valence-electron chi connectivity index (χ4n) is 3.39. The number of hydrogen-bond acceptors (Lipinski definition) is 4.